The van der Waals surface area contributed by atoms with E-state index in [-0.39, 0.29) is 0 Å². The van der Waals surface area contributed by atoms with E-state index in [1.807, 2.05) is 12.1 Å². The monoisotopic (exact) mass is 263 g/mol. The minimum absolute atomic E-state index is 0.501. The Hall–Kier alpha value is -0.780. The predicted octanol–water partition coefficient (Wildman–Crippen LogP) is 1.75. The molecule has 1 amide bonds. The first kappa shape index (κ1) is 8.32. The third-order valence-corrected chi connectivity index (χ3v) is 1.94. The van der Waals surface area contributed by atoms with Gasteiger partial charge in [0, 0.05) is 0 Å². The molecule has 0 aliphatic rings. The van der Waals surface area contributed by atoms with Crippen LogP contribution in [0.2, 0.25) is 0 Å². The van der Waals surface area contributed by atoms with Crippen molar-refractivity contribution >= 4 is 28.7 Å². The second-order valence-electron chi connectivity index (χ2n) is 1.85. The largest absolute Gasteiger partial charge is 0.409 e. The van der Waals surface area contributed by atoms with Crippen molar-refractivity contribution in [2.75, 3.05) is 0 Å². The summed E-state index contributed by atoms with van der Waals surface area (Å²) < 4.78 is 5.54. The Kier molecular flexibility index (Phi) is 2.70. The van der Waals surface area contributed by atoms with Crippen molar-refractivity contribution in [2.45, 2.75) is 0 Å². The molecule has 0 heterocycles. The lowest BCUT2D eigenvalue weighted by Gasteiger charge is -2.01. The van der Waals surface area contributed by atoms with Gasteiger partial charge in [0.05, 0.1) is 3.57 Å². The number of amides is 1. The van der Waals surface area contributed by atoms with Gasteiger partial charge in [-0.25, -0.2) is 4.79 Å². The molecule has 2 N–H and O–H groups in total. The van der Waals surface area contributed by atoms with Gasteiger partial charge in [-0.2, -0.15) is 0 Å². The molecule has 0 atom stereocenters. The number of carbonyl (C=O) groups excluding carboxylic acids is 1. The number of carbonyl (C=O) groups is 1. The number of ether oxygens (including phenoxy) is 1. The lowest BCUT2D eigenvalue weighted by molar-refractivity contribution is 0.210. The Morgan fingerprint density at radius 3 is 2.64 bits per heavy atom. The molecule has 0 unspecified atom stereocenters. The fourth-order valence-corrected chi connectivity index (χ4v) is 1.13. The lowest BCUT2D eigenvalue weighted by Crippen LogP contribution is -2.16. The molecule has 0 aromatic heterocycles. The van der Waals surface area contributed by atoms with Crippen LogP contribution in [0.4, 0.5) is 4.79 Å². The molecular formula is C7H6INO2. The van der Waals surface area contributed by atoms with Gasteiger partial charge in [-0.1, -0.05) is 12.1 Å². The molecule has 0 saturated carbocycles. The van der Waals surface area contributed by atoms with E-state index in [2.05, 4.69) is 27.3 Å². The summed E-state index contributed by atoms with van der Waals surface area (Å²) in [5.74, 6) is 0.501. The molecule has 1 aromatic rings. The number of para-hydroxylation sites is 1. The zero-order chi connectivity index (χ0) is 8.27. The van der Waals surface area contributed by atoms with Gasteiger partial charge in [-0.3, -0.25) is 0 Å². The van der Waals surface area contributed by atoms with Crippen molar-refractivity contribution in [3.63, 3.8) is 0 Å². The molecular weight excluding hydrogens is 257 g/mol. The van der Waals surface area contributed by atoms with Crippen LogP contribution in [0.5, 0.6) is 5.75 Å². The van der Waals surface area contributed by atoms with E-state index in [1.54, 1.807) is 12.1 Å². The van der Waals surface area contributed by atoms with Gasteiger partial charge in [0.2, 0.25) is 0 Å². The van der Waals surface area contributed by atoms with Crippen molar-refractivity contribution in [1.29, 1.82) is 0 Å². The highest BCUT2D eigenvalue weighted by Crippen LogP contribution is 2.19. The molecule has 1 aromatic carbocycles. The van der Waals surface area contributed by atoms with Crippen molar-refractivity contribution in [3.8, 4) is 5.75 Å². The first-order valence-electron chi connectivity index (χ1n) is 2.92. The maximum atomic E-state index is 10.3. The fourth-order valence-electron chi connectivity index (χ4n) is 0.636. The molecule has 0 aliphatic carbocycles. The number of benzene rings is 1. The minimum atomic E-state index is -0.783. The first-order chi connectivity index (χ1) is 5.20. The quantitative estimate of drug-likeness (QED) is 0.784. The third kappa shape index (κ3) is 2.38. The topological polar surface area (TPSA) is 52.3 Å². The number of primary amides is 1. The second-order valence-corrected chi connectivity index (χ2v) is 3.01. The standard InChI is InChI=1S/C7H6INO2/c8-5-3-1-2-4-6(5)11-7(9)10/h1-4H,(H2,9,10). The van der Waals surface area contributed by atoms with E-state index in [4.69, 9.17) is 5.73 Å². The highest BCUT2D eigenvalue weighted by atomic mass is 127. The van der Waals surface area contributed by atoms with E-state index < -0.39 is 6.09 Å². The lowest BCUT2D eigenvalue weighted by atomic mass is 10.3. The number of hydrogen-bond donors (Lipinski definition) is 1. The summed E-state index contributed by atoms with van der Waals surface area (Å²) in [5, 5.41) is 0. The summed E-state index contributed by atoms with van der Waals surface area (Å²) in [6.07, 6.45) is -0.783. The van der Waals surface area contributed by atoms with Crippen LogP contribution < -0.4 is 10.5 Å². The van der Waals surface area contributed by atoms with Crippen LogP contribution in [-0.4, -0.2) is 6.09 Å². The van der Waals surface area contributed by atoms with Crippen LogP contribution in [0.25, 0.3) is 0 Å². The van der Waals surface area contributed by atoms with Gasteiger partial charge < -0.3 is 10.5 Å². The van der Waals surface area contributed by atoms with Crippen LogP contribution in [0.3, 0.4) is 0 Å². The van der Waals surface area contributed by atoms with Gasteiger partial charge in [0.1, 0.15) is 5.75 Å². The number of rotatable bonds is 1. The number of nitrogens with two attached hydrogens (primary N) is 1. The summed E-state index contributed by atoms with van der Waals surface area (Å²) in [6.45, 7) is 0. The van der Waals surface area contributed by atoms with Crippen molar-refractivity contribution in [3.05, 3.63) is 27.8 Å². The van der Waals surface area contributed by atoms with E-state index in [9.17, 15) is 4.79 Å². The Morgan fingerprint density at radius 2 is 2.09 bits per heavy atom. The van der Waals surface area contributed by atoms with E-state index in [0.717, 1.165) is 3.57 Å². The minimum Gasteiger partial charge on any atom is -0.409 e. The first-order valence-corrected chi connectivity index (χ1v) is 4.00. The summed E-state index contributed by atoms with van der Waals surface area (Å²) in [5.41, 5.74) is 4.83. The zero-order valence-electron chi connectivity index (χ0n) is 5.58. The molecule has 0 radical (unpaired) electrons. The van der Waals surface area contributed by atoms with Crippen LogP contribution >= 0.6 is 22.6 Å². The van der Waals surface area contributed by atoms with Crippen molar-refractivity contribution in [1.82, 2.24) is 0 Å². The molecule has 0 fully saturated rings. The highest BCUT2D eigenvalue weighted by molar-refractivity contribution is 14.1. The van der Waals surface area contributed by atoms with E-state index in [0.29, 0.717) is 5.75 Å². The number of halogens is 1. The summed E-state index contributed by atoms with van der Waals surface area (Å²) in [7, 11) is 0. The zero-order valence-corrected chi connectivity index (χ0v) is 7.74. The maximum Gasteiger partial charge on any atom is 0.409 e. The normalized spacial score (nSPS) is 9.18. The summed E-state index contributed by atoms with van der Waals surface area (Å²) in [6, 6.07) is 7.15. The second kappa shape index (κ2) is 3.56. The maximum absolute atomic E-state index is 10.3. The average molecular weight is 263 g/mol. The number of hydrogen-bond acceptors (Lipinski definition) is 2. The van der Waals surface area contributed by atoms with Gasteiger partial charge in [-0.05, 0) is 34.7 Å². The molecule has 0 aliphatic heterocycles. The molecule has 0 bridgehead atoms. The van der Waals surface area contributed by atoms with Crippen molar-refractivity contribution < 1.29 is 9.53 Å². The Morgan fingerprint density at radius 1 is 1.45 bits per heavy atom. The Labute approximate surface area is 77.7 Å². The molecule has 0 saturated heterocycles. The predicted molar refractivity (Wildman–Crippen MR) is 49.4 cm³/mol. The SMILES string of the molecule is NC(=O)Oc1ccccc1I. The van der Waals surface area contributed by atoms with Crippen LogP contribution in [0.1, 0.15) is 0 Å². The molecule has 11 heavy (non-hydrogen) atoms. The van der Waals surface area contributed by atoms with Crippen LogP contribution in [0.15, 0.2) is 24.3 Å². The van der Waals surface area contributed by atoms with Crippen LogP contribution in [-0.2, 0) is 0 Å². The van der Waals surface area contributed by atoms with Gasteiger partial charge in [0.15, 0.2) is 0 Å². The average Bonchev–Trinajstić information content (AvgIpc) is 1.93. The van der Waals surface area contributed by atoms with Gasteiger partial charge in [-0.15, -0.1) is 0 Å². The Bertz CT molecular complexity index is 275. The summed E-state index contributed by atoms with van der Waals surface area (Å²) in [4.78, 5) is 10.3. The molecule has 0 spiro atoms. The summed E-state index contributed by atoms with van der Waals surface area (Å²) >= 11 is 2.06. The van der Waals surface area contributed by atoms with Crippen LogP contribution in [0, 0.1) is 3.57 Å². The van der Waals surface area contributed by atoms with E-state index >= 15 is 0 Å². The smallest absolute Gasteiger partial charge is 0.409 e. The highest BCUT2D eigenvalue weighted by Gasteiger charge is 2.01. The molecule has 4 heteroatoms. The van der Waals surface area contributed by atoms with Gasteiger partial charge >= 0.3 is 6.09 Å². The molecule has 1 rings (SSSR count). The molecule has 3 nitrogen and oxygen atoms in total. The molecule has 58 valence electrons. The van der Waals surface area contributed by atoms with Gasteiger partial charge in [0.25, 0.3) is 0 Å². The third-order valence-electron chi connectivity index (χ3n) is 1.05. The van der Waals surface area contributed by atoms with E-state index in [1.165, 1.54) is 0 Å². The Balaban J connectivity index is 2.86. The van der Waals surface area contributed by atoms with Crippen molar-refractivity contribution in [2.24, 2.45) is 5.73 Å². The fraction of sp³-hybridized carbons (Fsp3) is 0.